The van der Waals surface area contributed by atoms with E-state index < -0.39 is 10.0 Å². The van der Waals surface area contributed by atoms with Crippen LogP contribution in [-0.2, 0) is 21.2 Å². The standard InChI is InChI=1S/C20H25ClN2O4S/c1-4-5-6-15-7-9-16(10-8-15)22-20(24)14-27-19-12-11-17(13-18(19)21)28(25,26)23(2)3/h7-13H,4-6,14H2,1-3H3,(H,22,24). The van der Waals surface area contributed by atoms with Gasteiger partial charge in [0.15, 0.2) is 6.61 Å². The molecule has 2 aromatic rings. The molecule has 0 saturated carbocycles. The summed E-state index contributed by atoms with van der Waals surface area (Å²) in [6.45, 7) is 1.91. The molecule has 2 aromatic carbocycles. The first-order valence-electron chi connectivity index (χ1n) is 8.97. The summed E-state index contributed by atoms with van der Waals surface area (Å²) in [6.07, 6.45) is 3.29. The van der Waals surface area contributed by atoms with Crippen LogP contribution in [0.1, 0.15) is 25.3 Å². The highest BCUT2D eigenvalue weighted by atomic mass is 35.5. The zero-order valence-electron chi connectivity index (χ0n) is 16.2. The van der Waals surface area contributed by atoms with E-state index in [1.807, 2.05) is 24.3 Å². The Labute approximate surface area is 171 Å². The second-order valence-electron chi connectivity index (χ2n) is 6.52. The van der Waals surface area contributed by atoms with E-state index in [-0.39, 0.29) is 28.2 Å². The van der Waals surface area contributed by atoms with Crippen molar-refractivity contribution in [3.8, 4) is 5.75 Å². The van der Waals surface area contributed by atoms with Crippen LogP contribution in [0.25, 0.3) is 0 Å². The summed E-state index contributed by atoms with van der Waals surface area (Å²) >= 11 is 6.10. The topological polar surface area (TPSA) is 75.7 Å². The Hall–Kier alpha value is -2.09. The number of benzene rings is 2. The quantitative estimate of drug-likeness (QED) is 0.661. The molecule has 0 aromatic heterocycles. The van der Waals surface area contributed by atoms with Gasteiger partial charge in [-0.15, -0.1) is 0 Å². The van der Waals surface area contributed by atoms with Gasteiger partial charge in [-0.05, 0) is 48.7 Å². The van der Waals surface area contributed by atoms with Crippen molar-refractivity contribution in [3.63, 3.8) is 0 Å². The van der Waals surface area contributed by atoms with E-state index in [9.17, 15) is 13.2 Å². The van der Waals surface area contributed by atoms with Gasteiger partial charge in [-0.2, -0.15) is 0 Å². The van der Waals surface area contributed by atoms with Crippen molar-refractivity contribution in [1.29, 1.82) is 0 Å². The number of anilines is 1. The fourth-order valence-electron chi connectivity index (χ4n) is 2.45. The maximum absolute atomic E-state index is 12.1. The first-order chi connectivity index (χ1) is 13.2. The molecule has 0 bridgehead atoms. The van der Waals surface area contributed by atoms with Gasteiger partial charge in [0.1, 0.15) is 5.75 Å². The number of hydrogen-bond acceptors (Lipinski definition) is 4. The van der Waals surface area contributed by atoms with Crippen molar-refractivity contribution in [2.45, 2.75) is 31.1 Å². The van der Waals surface area contributed by atoms with E-state index in [1.165, 1.54) is 37.9 Å². The monoisotopic (exact) mass is 424 g/mol. The number of carbonyl (C=O) groups is 1. The zero-order valence-corrected chi connectivity index (χ0v) is 17.8. The van der Waals surface area contributed by atoms with Gasteiger partial charge in [0.2, 0.25) is 10.0 Å². The number of amides is 1. The minimum atomic E-state index is -3.58. The third-order valence-corrected chi connectivity index (χ3v) is 6.20. The SMILES string of the molecule is CCCCc1ccc(NC(=O)COc2ccc(S(=O)(=O)N(C)C)cc2Cl)cc1. The minimum absolute atomic E-state index is 0.0578. The van der Waals surface area contributed by atoms with Crippen molar-refractivity contribution in [2.75, 3.05) is 26.0 Å². The Morgan fingerprint density at radius 1 is 1.14 bits per heavy atom. The highest BCUT2D eigenvalue weighted by Gasteiger charge is 2.19. The summed E-state index contributed by atoms with van der Waals surface area (Å²) in [4.78, 5) is 12.1. The number of rotatable bonds is 9. The van der Waals surface area contributed by atoms with Crippen molar-refractivity contribution in [3.05, 3.63) is 53.1 Å². The summed E-state index contributed by atoms with van der Waals surface area (Å²) < 4.78 is 30.7. The summed E-state index contributed by atoms with van der Waals surface area (Å²) in [5.74, 6) is -0.0909. The number of ether oxygens (including phenoxy) is 1. The highest BCUT2D eigenvalue weighted by Crippen LogP contribution is 2.28. The molecule has 0 aliphatic rings. The number of unbranched alkanes of at least 4 members (excludes halogenated alkanes) is 1. The molecule has 0 heterocycles. The lowest BCUT2D eigenvalue weighted by molar-refractivity contribution is -0.118. The molecular weight excluding hydrogens is 400 g/mol. The van der Waals surface area contributed by atoms with E-state index in [2.05, 4.69) is 12.2 Å². The Kier molecular flexibility index (Phi) is 7.86. The van der Waals surface area contributed by atoms with Crippen LogP contribution in [0.5, 0.6) is 5.75 Å². The number of sulfonamides is 1. The second-order valence-corrected chi connectivity index (χ2v) is 9.08. The van der Waals surface area contributed by atoms with Gasteiger partial charge in [-0.1, -0.05) is 37.1 Å². The maximum Gasteiger partial charge on any atom is 0.262 e. The molecule has 28 heavy (non-hydrogen) atoms. The lowest BCUT2D eigenvalue weighted by atomic mass is 10.1. The van der Waals surface area contributed by atoms with Gasteiger partial charge in [0, 0.05) is 19.8 Å². The first kappa shape index (κ1) is 22.2. The number of aryl methyl sites for hydroxylation is 1. The predicted octanol–water partition coefficient (Wildman–Crippen LogP) is 3.95. The average molecular weight is 425 g/mol. The van der Waals surface area contributed by atoms with Crippen LogP contribution in [0.2, 0.25) is 5.02 Å². The summed E-state index contributed by atoms with van der Waals surface area (Å²) in [6, 6.07) is 11.8. The van der Waals surface area contributed by atoms with Crippen LogP contribution < -0.4 is 10.1 Å². The first-order valence-corrected chi connectivity index (χ1v) is 10.8. The summed E-state index contributed by atoms with van der Waals surface area (Å²) in [7, 11) is -0.706. The Morgan fingerprint density at radius 2 is 1.82 bits per heavy atom. The van der Waals surface area contributed by atoms with Gasteiger partial charge in [0.05, 0.1) is 9.92 Å². The minimum Gasteiger partial charge on any atom is -0.482 e. The van der Waals surface area contributed by atoms with Crippen LogP contribution in [0.15, 0.2) is 47.4 Å². The largest absolute Gasteiger partial charge is 0.482 e. The van der Waals surface area contributed by atoms with Gasteiger partial charge >= 0.3 is 0 Å². The number of hydrogen-bond donors (Lipinski definition) is 1. The zero-order chi connectivity index (χ0) is 20.7. The molecule has 6 nitrogen and oxygen atoms in total. The fraction of sp³-hybridized carbons (Fsp3) is 0.350. The van der Waals surface area contributed by atoms with E-state index in [0.29, 0.717) is 5.69 Å². The Morgan fingerprint density at radius 3 is 2.39 bits per heavy atom. The van der Waals surface area contributed by atoms with Gasteiger partial charge in [-0.25, -0.2) is 12.7 Å². The molecule has 0 aliphatic carbocycles. The molecule has 0 aliphatic heterocycles. The van der Waals surface area contributed by atoms with Crippen LogP contribution in [0.4, 0.5) is 5.69 Å². The normalized spacial score (nSPS) is 11.5. The highest BCUT2D eigenvalue weighted by molar-refractivity contribution is 7.89. The number of carbonyl (C=O) groups excluding carboxylic acids is 1. The second kappa shape index (κ2) is 9.91. The fourth-order valence-corrected chi connectivity index (χ4v) is 3.67. The molecule has 0 radical (unpaired) electrons. The summed E-state index contributed by atoms with van der Waals surface area (Å²) in [5, 5.41) is 2.88. The van der Waals surface area contributed by atoms with Gasteiger partial charge in [-0.3, -0.25) is 4.79 Å². The summed E-state index contributed by atoms with van der Waals surface area (Å²) in [5.41, 5.74) is 1.92. The van der Waals surface area contributed by atoms with Crippen LogP contribution >= 0.6 is 11.6 Å². The van der Waals surface area contributed by atoms with Crippen molar-refractivity contribution in [1.82, 2.24) is 4.31 Å². The molecular formula is C20H25ClN2O4S. The van der Waals surface area contributed by atoms with E-state index in [0.717, 1.165) is 23.6 Å². The molecule has 0 spiro atoms. The third-order valence-electron chi connectivity index (χ3n) is 4.10. The third kappa shape index (κ3) is 5.95. The molecule has 0 unspecified atom stereocenters. The lowest BCUT2D eigenvalue weighted by Crippen LogP contribution is -2.22. The van der Waals surface area contributed by atoms with Crippen LogP contribution in [-0.4, -0.2) is 39.3 Å². The molecule has 8 heteroatoms. The van der Waals surface area contributed by atoms with Crippen LogP contribution in [0, 0.1) is 0 Å². The molecule has 2 rings (SSSR count). The van der Waals surface area contributed by atoms with Crippen molar-refractivity contribution >= 4 is 33.2 Å². The van der Waals surface area contributed by atoms with E-state index in [4.69, 9.17) is 16.3 Å². The average Bonchev–Trinajstić information content (AvgIpc) is 2.66. The molecule has 1 amide bonds. The lowest BCUT2D eigenvalue weighted by Gasteiger charge is -2.13. The van der Waals surface area contributed by atoms with Gasteiger partial charge < -0.3 is 10.1 Å². The molecule has 152 valence electrons. The number of nitrogens with one attached hydrogen (secondary N) is 1. The van der Waals surface area contributed by atoms with Crippen LogP contribution in [0.3, 0.4) is 0 Å². The van der Waals surface area contributed by atoms with Crippen molar-refractivity contribution < 1.29 is 17.9 Å². The van der Waals surface area contributed by atoms with E-state index >= 15 is 0 Å². The molecule has 0 atom stereocenters. The number of halogens is 1. The molecule has 0 fully saturated rings. The van der Waals surface area contributed by atoms with E-state index in [1.54, 1.807) is 0 Å². The number of nitrogens with zero attached hydrogens (tertiary/aromatic N) is 1. The molecule has 0 saturated heterocycles. The molecule has 1 N–H and O–H groups in total. The smallest absolute Gasteiger partial charge is 0.262 e. The Balaban J connectivity index is 1.94. The van der Waals surface area contributed by atoms with Crippen molar-refractivity contribution in [2.24, 2.45) is 0 Å². The predicted molar refractivity (Wildman–Crippen MR) is 112 cm³/mol. The maximum atomic E-state index is 12.1. The Bertz CT molecular complexity index is 912. The van der Waals surface area contributed by atoms with Gasteiger partial charge in [0.25, 0.3) is 5.91 Å².